The summed E-state index contributed by atoms with van der Waals surface area (Å²) in [7, 11) is 1.95. The normalized spacial score (nSPS) is 10.7. The van der Waals surface area contributed by atoms with Crippen LogP contribution in [0.2, 0.25) is 0 Å². The second kappa shape index (κ2) is 5.30. The molecule has 2 rings (SSSR count). The van der Waals surface area contributed by atoms with E-state index < -0.39 is 0 Å². The molecule has 0 aliphatic heterocycles. The average Bonchev–Trinajstić information content (AvgIpc) is 2.38. The predicted octanol–water partition coefficient (Wildman–Crippen LogP) is 3.47. The second-order valence-corrected chi connectivity index (χ2v) is 3.96. The van der Waals surface area contributed by atoms with E-state index in [0.717, 1.165) is 11.3 Å². The summed E-state index contributed by atoms with van der Waals surface area (Å²) in [6.45, 7) is 2.09. The maximum atomic E-state index is 4.43. The topological polar surface area (TPSA) is 15.6 Å². The lowest BCUT2D eigenvalue weighted by Gasteiger charge is -2.12. The summed E-state index contributed by atoms with van der Waals surface area (Å²) in [5, 5.41) is 6.30. The highest BCUT2D eigenvalue weighted by atomic mass is 15.4. The summed E-state index contributed by atoms with van der Waals surface area (Å²) in [4.78, 5) is 0. The molecule has 17 heavy (non-hydrogen) atoms. The van der Waals surface area contributed by atoms with Gasteiger partial charge < -0.3 is 0 Å². The number of rotatable bonds is 3. The SMILES string of the molecule is Cc1ccccc1/C=N/N(C)c1ccccc1. The number of para-hydroxylation sites is 1. The zero-order valence-corrected chi connectivity index (χ0v) is 10.2. The van der Waals surface area contributed by atoms with Crippen molar-refractivity contribution in [2.45, 2.75) is 6.92 Å². The van der Waals surface area contributed by atoms with E-state index in [1.807, 2.05) is 60.7 Å². The highest BCUT2D eigenvalue weighted by molar-refractivity contribution is 5.82. The molecular weight excluding hydrogens is 208 g/mol. The van der Waals surface area contributed by atoms with Crippen molar-refractivity contribution in [3.63, 3.8) is 0 Å². The molecule has 86 valence electrons. The first-order valence-corrected chi connectivity index (χ1v) is 5.66. The summed E-state index contributed by atoms with van der Waals surface area (Å²) in [6.07, 6.45) is 1.89. The molecule has 0 aliphatic rings. The largest absolute Gasteiger partial charge is 0.269 e. The standard InChI is InChI=1S/C15H16N2/c1-13-8-6-7-9-14(13)12-16-17(2)15-10-4-3-5-11-15/h3-12H,1-2H3/b16-12+. The van der Waals surface area contributed by atoms with Gasteiger partial charge in [0.2, 0.25) is 0 Å². The number of nitrogens with zero attached hydrogens (tertiary/aromatic N) is 2. The molecule has 2 nitrogen and oxygen atoms in total. The number of anilines is 1. The minimum absolute atomic E-state index is 1.08. The van der Waals surface area contributed by atoms with Crippen LogP contribution in [-0.4, -0.2) is 13.3 Å². The Bertz CT molecular complexity index is 503. The molecule has 0 aromatic heterocycles. The molecule has 0 spiro atoms. The molecule has 0 unspecified atom stereocenters. The maximum absolute atomic E-state index is 4.43. The molecule has 2 aromatic carbocycles. The van der Waals surface area contributed by atoms with Crippen LogP contribution in [0.5, 0.6) is 0 Å². The summed E-state index contributed by atoms with van der Waals surface area (Å²) < 4.78 is 0. The highest BCUT2D eigenvalue weighted by Gasteiger charge is 1.96. The molecule has 0 radical (unpaired) electrons. The van der Waals surface area contributed by atoms with Crippen LogP contribution in [0.4, 0.5) is 5.69 Å². The fourth-order valence-corrected chi connectivity index (χ4v) is 1.59. The summed E-state index contributed by atoms with van der Waals surface area (Å²) in [6, 6.07) is 18.3. The molecule has 0 N–H and O–H groups in total. The van der Waals surface area contributed by atoms with Gasteiger partial charge in [-0.2, -0.15) is 5.10 Å². The average molecular weight is 224 g/mol. The molecule has 0 atom stereocenters. The molecule has 0 saturated carbocycles. The quantitative estimate of drug-likeness (QED) is 0.576. The third-order valence-corrected chi connectivity index (χ3v) is 2.69. The molecule has 0 amide bonds. The zero-order chi connectivity index (χ0) is 12.1. The van der Waals surface area contributed by atoms with Crippen molar-refractivity contribution in [1.82, 2.24) is 0 Å². The van der Waals surface area contributed by atoms with Gasteiger partial charge in [-0.25, -0.2) is 0 Å². The second-order valence-electron chi connectivity index (χ2n) is 3.96. The van der Waals surface area contributed by atoms with E-state index in [1.54, 1.807) is 0 Å². The summed E-state index contributed by atoms with van der Waals surface area (Å²) in [5.41, 5.74) is 3.46. The minimum Gasteiger partial charge on any atom is -0.269 e. The van der Waals surface area contributed by atoms with Gasteiger partial charge in [-0.1, -0.05) is 42.5 Å². The van der Waals surface area contributed by atoms with Crippen LogP contribution in [-0.2, 0) is 0 Å². The number of hydrogen-bond donors (Lipinski definition) is 0. The fraction of sp³-hybridized carbons (Fsp3) is 0.133. The van der Waals surface area contributed by atoms with Crippen molar-refractivity contribution >= 4 is 11.9 Å². The van der Waals surface area contributed by atoms with E-state index in [0.29, 0.717) is 0 Å². The van der Waals surface area contributed by atoms with Crippen molar-refractivity contribution in [3.8, 4) is 0 Å². The van der Waals surface area contributed by atoms with Crippen LogP contribution in [0.1, 0.15) is 11.1 Å². The molecule has 0 saturated heterocycles. The van der Waals surface area contributed by atoms with Crippen LogP contribution in [0.15, 0.2) is 59.7 Å². The first-order valence-electron chi connectivity index (χ1n) is 5.66. The number of hydrogen-bond acceptors (Lipinski definition) is 2. The Hall–Kier alpha value is -2.09. The van der Waals surface area contributed by atoms with Crippen LogP contribution < -0.4 is 5.01 Å². The van der Waals surface area contributed by atoms with Gasteiger partial charge in [0.15, 0.2) is 0 Å². The first-order chi connectivity index (χ1) is 8.27. The lowest BCUT2D eigenvalue weighted by Crippen LogP contribution is -2.08. The van der Waals surface area contributed by atoms with Gasteiger partial charge in [0.05, 0.1) is 11.9 Å². The van der Waals surface area contributed by atoms with Crippen molar-refractivity contribution in [2.24, 2.45) is 5.10 Å². The van der Waals surface area contributed by atoms with Gasteiger partial charge >= 0.3 is 0 Å². The van der Waals surface area contributed by atoms with Crippen LogP contribution in [0.3, 0.4) is 0 Å². The highest BCUT2D eigenvalue weighted by Crippen LogP contribution is 2.11. The van der Waals surface area contributed by atoms with Gasteiger partial charge in [-0.15, -0.1) is 0 Å². The maximum Gasteiger partial charge on any atom is 0.0590 e. The van der Waals surface area contributed by atoms with Crippen molar-refractivity contribution < 1.29 is 0 Å². The third kappa shape index (κ3) is 2.94. The van der Waals surface area contributed by atoms with Crippen molar-refractivity contribution in [2.75, 3.05) is 12.1 Å². The van der Waals surface area contributed by atoms with Crippen LogP contribution in [0.25, 0.3) is 0 Å². The monoisotopic (exact) mass is 224 g/mol. The lowest BCUT2D eigenvalue weighted by atomic mass is 10.1. The Morgan fingerprint density at radius 2 is 1.59 bits per heavy atom. The Morgan fingerprint density at radius 3 is 2.29 bits per heavy atom. The first kappa shape index (κ1) is 11.4. The van der Waals surface area contributed by atoms with Crippen LogP contribution >= 0.6 is 0 Å². The molecule has 2 aromatic rings. The van der Waals surface area contributed by atoms with Gasteiger partial charge in [0.25, 0.3) is 0 Å². The predicted molar refractivity (Wildman–Crippen MR) is 73.6 cm³/mol. The molecular formula is C15H16N2. The van der Waals surface area contributed by atoms with E-state index in [1.165, 1.54) is 5.56 Å². The van der Waals surface area contributed by atoms with E-state index in [-0.39, 0.29) is 0 Å². The number of aryl methyl sites for hydroxylation is 1. The summed E-state index contributed by atoms with van der Waals surface area (Å²) >= 11 is 0. The van der Waals surface area contributed by atoms with Gasteiger partial charge in [0.1, 0.15) is 0 Å². The Kier molecular flexibility index (Phi) is 3.55. The van der Waals surface area contributed by atoms with Crippen molar-refractivity contribution in [3.05, 3.63) is 65.7 Å². The van der Waals surface area contributed by atoms with Crippen LogP contribution in [0, 0.1) is 6.92 Å². The molecule has 0 aliphatic carbocycles. The Balaban J connectivity index is 2.14. The van der Waals surface area contributed by atoms with E-state index >= 15 is 0 Å². The minimum atomic E-state index is 1.08. The molecule has 0 bridgehead atoms. The molecule has 0 heterocycles. The fourth-order valence-electron chi connectivity index (χ4n) is 1.59. The van der Waals surface area contributed by atoms with E-state index in [9.17, 15) is 0 Å². The Labute approximate surface area is 102 Å². The summed E-state index contributed by atoms with van der Waals surface area (Å²) in [5.74, 6) is 0. The smallest absolute Gasteiger partial charge is 0.0590 e. The third-order valence-electron chi connectivity index (χ3n) is 2.69. The number of benzene rings is 2. The van der Waals surface area contributed by atoms with Gasteiger partial charge in [0, 0.05) is 7.05 Å². The van der Waals surface area contributed by atoms with E-state index in [2.05, 4.69) is 24.2 Å². The lowest BCUT2D eigenvalue weighted by molar-refractivity contribution is 1.02. The van der Waals surface area contributed by atoms with E-state index in [4.69, 9.17) is 0 Å². The van der Waals surface area contributed by atoms with Crippen molar-refractivity contribution in [1.29, 1.82) is 0 Å². The zero-order valence-electron chi connectivity index (χ0n) is 10.2. The van der Waals surface area contributed by atoms with Gasteiger partial charge in [-0.3, -0.25) is 5.01 Å². The Morgan fingerprint density at radius 1 is 0.941 bits per heavy atom. The number of hydrazone groups is 1. The molecule has 2 heteroatoms. The molecule has 0 fully saturated rings. The van der Waals surface area contributed by atoms with Gasteiger partial charge in [-0.05, 0) is 30.2 Å².